The molecule has 5 heteroatoms. The molecule has 0 spiro atoms. The fraction of sp³-hybridized carbons (Fsp3) is 0.222. The molecule has 14 heavy (non-hydrogen) atoms. The van der Waals surface area contributed by atoms with Crippen LogP contribution in [0.25, 0.3) is 0 Å². The van der Waals surface area contributed by atoms with Gasteiger partial charge in [-0.3, -0.25) is 5.32 Å². The third-order valence-corrected chi connectivity index (χ3v) is 1.65. The lowest BCUT2D eigenvalue weighted by Gasteiger charge is -2.04. The van der Waals surface area contributed by atoms with Crippen LogP contribution in [0.5, 0.6) is 0 Å². The van der Waals surface area contributed by atoms with E-state index in [2.05, 4.69) is 10.1 Å². The highest BCUT2D eigenvalue weighted by molar-refractivity contribution is 6.30. The van der Waals surface area contributed by atoms with Crippen LogP contribution < -0.4 is 5.32 Å². The molecule has 0 atom stereocenters. The van der Waals surface area contributed by atoms with Gasteiger partial charge in [-0.2, -0.15) is 0 Å². The molecule has 1 amide bonds. The fourth-order valence-electron chi connectivity index (χ4n) is 0.818. The number of carbonyl (C=O) groups is 1. The molecule has 0 aliphatic heterocycles. The number of hydrogen-bond acceptors (Lipinski definition) is 2. The molecule has 3 nitrogen and oxygen atoms in total. The summed E-state index contributed by atoms with van der Waals surface area (Å²) >= 11 is 5.64. The van der Waals surface area contributed by atoms with Crippen LogP contribution in [0.1, 0.15) is 0 Å². The Morgan fingerprint density at radius 3 is 2.64 bits per heavy atom. The van der Waals surface area contributed by atoms with Crippen LogP contribution in [0.3, 0.4) is 0 Å². The molecule has 1 N–H and O–H groups in total. The zero-order valence-corrected chi connectivity index (χ0v) is 8.05. The van der Waals surface area contributed by atoms with E-state index in [-0.39, 0.29) is 6.61 Å². The van der Waals surface area contributed by atoms with E-state index in [0.717, 1.165) is 0 Å². The van der Waals surface area contributed by atoms with Crippen LogP contribution in [-0.4, -0.2) is 19.4 Å². The fourth-order valence-corrected chi connectivity index (χ4v) is 0.944. The molecule has 0 saturated heterocycles. The van der Waals surface area contributed by atoms with Crippen molar-refractivity contribution < 1.29 is 13.9 Å². The van der Waals surface area contributed by atoms with E-state index in [0.29, 0.717) is 10.7 Å². The Kier molecular flexibility index (Phi) is 4.19. The summed E-state index contributed by atoms with van der Waals surface area (Å²) in [5, 5.41) is 2.99. The molecule has 1 rings (SSSR count). The zero-order valence-electron chi connectivity index (χ0n) is 7.30. The highest BCUT2D eigenvalue weighted by atomic mass is 35.5. The molecule has 0 aliphatic rings. The number of halogens is 2. The normalized spacial score (nSPS) is 9.57. The number of amides is 1. The van der Waals surface area contributed by atoms with Gasteiger partial charge < -0.3 is 4.74 Å². The van der Waals surface area contributed by atoms with Gasteiger partial charge in [-0.05, 0) is 24.3 Å². The van der Waals surface area contributed by atoms with Gasteiger partial charge in [-0.25, -0.2) is 9.18 Å². The van der Waals surface area contributed by atoms with Gasteiger partial charge in [0.05, 0.1) is 0 Å². The van der Waals surface area contributed by atoms with Gasteiger partial charge in [0.1, 0.15) is 13.3 Å². The second kappa shape index (κ2) is 5.44. The summed E-state index contributed by atoms with van der Waals surface area (Å²) in [6, 6.07) is 6.51. The summed E-state index contributed by atoms with van der Waals surface area (Å²) in [5.41, 5.74) is 0.554. The summed E-state index contributed by atoms with van der Waals surface area (Å²) in [6.45, 7) is -0.923. The number of rotatable bonds is 3. The highest BCUT2D eigenvalue weighted by Crippen LogP contribution is 2.13. The van der Waals surface area contributed by atoms with E-state index >= 15 is 0 Å². The third-order valence-electron chi connectivity index (χ3n) is 1.40. The van der Waals surface area contributed by atoms with Crippen LogP contribution in [0.15, 0.2) is 24.3 Å². The van der Waals surface area contributed by atoms with Gasteiger partial charge in [0.25, 0.3) is 0 Å². The molecule has 1 aromatic rings. The quantitative estimate of drug-likeness (QED) is 0.846. The lowest BCUT2D eigenvalue weighted by molar-refractivity contribution is 0.152. The topological polar surface area (TPSA) is 38.3 Å². The maximum absolute atomic E-state index is 11.6. The molecule has 0 radical (unpaired) electrons. The van der Waals surface area contributed by atoms with Crippen molar-refractivity contribution in [1.82, 2.24) is 0 Å². The van der Waals surface area contributed by atoms with Gasteiger partial charge in [-0.1, -0.05) is 11.6 Å². The van der Waals surface area contributed by atoms with Gasteiger partial charge in [-0.15, -0.1) is 0 Å². The molecule has 0 saturated carbocycles. The number of anilines is 1. The number of nitrogens with one attached hydrogen (secondary N) is 1. The standard InChI is InChI=1S/C9H9ClFNO2/c10-7-1-3-8(4-2-7)12-9(13)14-6-5-11/h1-4H,5-6H2,(H,12,13). The Balaban J connectivity index is 2.44. The van der Waals surface area contributed by atoms with Gasteiger partial charge in [0.2, 0.25) is 0 Å². The summed E-state index contributed by atoms with van der Waals surface area (Å²) in [5.74, 6) is 0. The van der Waals surface area contributed by atoms with E-state index in [1.807, 2.05) is 0 Å². The molecule has 0 aromatic heterocycles. The van der Waals surface area contributed by atoms with E-state index in [9.17, 15) is 9.18 Å². The predicted molar refractivity (Wildman–Crippen MR) is 52.4 cm³/mol. The number of hydrogen-bond donors (Lipinski definition) is 1. The molecular formula is C9H9ClFNO2. The summed E-state index contributed by atoms with van der Waals surface area (Å²) in [6.07, 6.45) is -0.676. The molecule has 1 aromatic carbocycles. The monoisotopic (exact) mass is 217 g/mol. The van der Waals surface area contributed by atoms with Crippen LogP contribution in [0.4, 0.5) is 14.9 Å². The van der Waals surface area contributed by atoms with E-state index in [1.54, 1.807) is 24.3 Å². The number of alkyl halides is 1. The Morgan fingerprint density at radius 2 is 2.07 bits per heavy atom. The second-order valence-corrected chi connectivity index (χ2v) is 2.89. The van der Waals surface area contributed by atoms with Gasteiger partial charge in [0.15, 0.2) is 0 Å². The average Bonchev–Trinajstić information content (AvgIpc) is 2.18. The van der Waals surface area contributed by atoms with Crippen LogP contribution in [0, 0.1) is 0 Å². The van der Waals surface area contributed by atoms with Crippen molar-refractivity contribution in [3.05, 3.63) is 29.3 Å². The minimum absolute atomic E-state index is 0.237. The van der Waals surface area contributed by atoms with Crippen molar-refractivity contribution in [3.8, 4) is 0 Å². The van der Waals surface area contributed by atoms with E-state index in [4.69, 9.17) is 11.6 Å². The second-order valence-electron chi connectivity index (χ2n) is 2.46. The minimum Gasteiger partial charge on any atom is -0.447 e. The molecule has 0 heterocycles. The largest absolute Gasteiger partial charge is 0.447 e. The number of ether oxygens (including phenoxy) is 1. The molecule has 0 unspecified atom stereocenters. The van der Waals surface area contributed by atoms with Crippen LogP contribution >= 0.6 is 11.6 Å². The highest BCUT2D eigenvalue weighted by Gasteiger charge is 2.01. The van der Waals surface area contributed by atoms with E-state index < -0.39 is 12.8 Å². The van der Waals surface area contributed by atoms with Crippen molar-refractivity contribution in [2.75, 3.05) is 18.6 Å². The smallest absolute Gasteiger partial charge is 0.411 e. The van der Waals surface area contributed by atoms with Gasteiger partial charge in [0, 0.05) is 10.7 Å². The summed E-state index contributed by atoms with van der Waals surface area (Å²) in [4.78, 5) is 10.9. The van der Waals surface area contributed by atoms with Crippen molar-refractivity contribution in [3.63, 3.8) is 0 Å². The lowest BCUT2D eigenvalue weighted by atomic mass is 10.3. The predicted octanol–water partition coefficient (Wildman–Crippen LogP) is 2.86. The van der Waals surface area contributed by atoms with Crippen LogP contribution in [0.2, 0.25) is 5.02 Å². The average molecular weight is 218 g/mol. The van der Waals surface area contributed by atoms with Gasteiger partial charge >= 0.3 is 6.09 Å². The molecular weight excluding hydrogens is 209 g/mol. The lowest BCUT2D eigenvalue weighted by Crippen LogP contribution is -2.14. The Morgan fingerprint density at radius 1 is 1.43 bits per heavy atom. The number of benzene rings is 1. The maximum atomic E-state index is 11.6. The summed E-state index contributed by atoms with van der Waals surface area (Å²) < 4.78 is 16.1. The first-order valence-corrected chi connectivity index (χ1v) is 4.35. The minimum atomic E-state index is -0.686. The van der Waals surface area contributed by atoms with Crippen molar-refractivity contribution in [1.29, 1.82) is 0 Å². The summed E-state index contributed by atoms with van der Waals surface area (Å²) in [7, 11) is 0. The van der Waals surface area contributed by atoms with Crippen LogP contribution in [-0.2, 0) is 4.74 Å². The zero-order chi connectivity index (χ0) is 10.4. The first-order valence-electron chi connectivity index (χ1n) is 3.97. The molecule has 0 aliphatic carbocycles. The van der Waals surface area contributed by atoms with Crippen molar-refractivity contribution in [2.24, 2.45) is 0 Å². The Labute approximate surface area is 85.8 Å². The SMILES string of the molecule is O=C(Nc1ccc(Cl)cc1)OCCF. The first kappa shape index (κ1) is 10.8. The molecule has 0 bridgehead atoms. The van der Waals surface area contributed by atoms with E-state index in [1.165, 1.54) is 0 Å². The Bertz CT molecular complexity index is 302. The maximum Gasteiger partial charge on any atom is 0.411 e. The number of carbonyl (C=O) groups excluding carboxylic acids is 1. The molecule has 0 fully saturated rings. The third kappa shape index (κ3) is 3.62. The Hall–Kier alpha value is -1.29. The van der Waals surface area contributed by atoms with Crippen molar-refractivity contribution >= 4 is 23.4 Å². The first-order chi connectivity index (χ1) is 6.72. The van der Waals surface area contributed by atoms with Crippen molar-refractivity contribution in [2.45, 2.75) is 0 Å². The molecule has 76 valence electrons.